The smallest absolute Gasteiger partial charge is 0.00203 e. The topological polar surface area (TPSA) is 0 Å². The third-order valence-corrected chi connectivity index (χ3v) is 4.50. The Morgan fingerprint density at radius 2 is 1.24 bits per heavy atom. The molecule has 0 aliphatic carbocycles. The average Bonchev–Trinajstić information content (AvgIpc) is 2.40. The zero-order chi connectivity index (χ0) is 15.6. The van der Waals surface area contributed by atoms with Crippen molar-refractivity contribution in [1.82, 2.24) is 0 Å². The van der Waals surface area contributed by atoms with Gasteiger partial charge in [-0.15, -0.1) is 6.58 Å². The van der Waals surface area contributed by atoms with E-state index < -0.39 is 0 Å². The Balaban J connectivity index is 2.38. The zero-order valence-corrected chi connectivity index (χ0v) is 14.0. The van der Waals surface area contributed by atoms with Gasteiger partial charge in [0.25, 0.3) is 0 Å². The lowest BCUT2D eigenvalue weighted by Crippen LogP contribution is -1.99. The molecule has 0 unspecified atom stereocenters. The molecule has 0 aliphatic heterocycles. The van der Waals surface area contributed by atoms with E-state index in [4.69, 9.17) is 0 Å². The van der Waals surface area contributed by atoms with Gasteiger partial charge in [-0.05, 0) is 92.0 Å². The minimum Gasteiger partial charge on any atom is -0.103 e. The van der Waals surface area contributed by atoms with Crippen LogP contribution in [0.5, 0.6) is 0 Å². The molecule has 0 radical (unpaired) electrons. The van der Waals surface area contributed by atoms with Crippen molar-refractivity contribution in [1.29, 1.82) is 0 Å². The van der Waals surface area contributed by atoms with Crippen molar-refractivity contribution in [3.63, 3.8) is 0 Å². The van der Waals surface area contributed by atoms with Crippen LogP contribution in [0, 0.1) is 34.6 Å². The highest BCUT2D eigenvalue weighted by atomic mass is 14.1. The second kappa shape index (κ2) is 6.30. The van der Waals surface area contributed by atoms with Crippen molar-refractivity contribution in [3.05, 3.63) is 81.4 Å². The summed E-state index contributed by atoms with van der Waals surface area (Å²) in [6, 6.07) is 9.27. The lowest BCUT2D eigenvalue weighted by molar-refractivity contribution is 1.08. The van der Waals surface area contributed by atoms with Crippen LogP contribution in [0.1, 0.15) is 44.5 Å². The quantitative estimate of drug-likeness (QED) is 0.643. The number of rotatable bonds is 4. The van der Waals surface area contributed by atoms with E-state index in [9.17, 15) is 0 Å². The summed E-state index contributed by atoms with van der Waals surface area (Å²) in [5, 5.41) is 0. The standard InChI is InChI=1S/C21H26/c1-7-8-19-11-16(4)21(17(5)12-19)13-20-9-14(2)18(6)15(3)10-20/h7,9-12H,1,8,13H2,2-6H3. The summed E-state index contributed by atoms with van der Waals surface area (Å²) in [7, 11) is 0. The zero-order valence-electron chi connectivity index (χ0n) is 14.0. The van der Waals surface area contributed by atoms with Gasteiger partial charge in [0, 0.05) is 0 Å². The van der Waals surface area contributed by atoms with E-state index in [-0.39, 0.29) is 0 Å². The summed E-state index contributed by atoms with van der Waals surface area (Å²) < 4.78 is 0. The number of benzene rings is 2. The highest BCUT2D eigenvalue weighted by Crippen LogP contribution is 2.23. The molecule has 0 fully saturated rings. The fourth-order valence-electron chi connectivity index (χ4n) is 3.08. The molecule has 0 bridgehead atoms. The summed E-state index contributed by atoms with van der Waals surface area (Å²) >= 11 is 0. The van der Waals surface area contributed by atoms with Crippen LogP contribution in [-0.2, 0) is 12.8 Å². The maximum absolute atomic E-state index is 3.83. The Morgan fingerprint density at radius 1 is 0.762 bits per heavy atom. The van der Waals surface area contributed by atoms with Gasteiger partial charge < -0.3 is 0 Å². The normalized spacial score (nSPS) is 10.7. The van der Waals surface area contributed by atoms with Gasteiger partial charge in [0.2, 0.25) is 0 Å². The van der Waals surface area contributed by atoms with Crippen LogP contribution < -0.4 is 0 Å². The van der Waals surface area contributed by atoms with Crippen molar-refractivity contribution in [2.24, 2.45) is 0 Å². The van der Waals surface area contributed by atoms with Gasteiger partial charge in [-0.25, -0.2) is 0 Å². The molecule has 0 N–H and O–H groups in total. The number of hydrogen-bond donors (Lipinski definition) is 0. The van der Waals surface area contributed by atoms with E-state index in [0.717, 1.165) is 12.8 Å². The maximum atomic E-state index is 3.83. The highest BCUT2D eigenvalue weighted by molar-refractivity contribution is 5.44. The van der Waals surface area contributed by atoms with E-state index in [1.807, 2.05) is 6.08 Å². The van der Waals surface area contributed by atoms with Gasteiger partial charge in [-0.3, -0.25) is 0 Å². The fourth-order valence-corrected chi connectivity index (χ4v) is 3.08. The molecule has 0 saturated carbocycles. The molecule has 0 heterocycles. The van der Waals surface area contributed by atoms with Crippen LogP contribution >= 0.6 is 0 Å². The van der Waals surface area contributed by atoms with E-state index in [2.05, 4.69) is 65.5 Å². The van der Waals surface area contributed by atoms with Gasteiger partial charge in [0.15, 0.2) is 0 Å². The van der Waals surface area contributed by atoms with Crippen molar-refractivity contribution in [3.8, 4) is 0 Å². The maximum Gasteiger partial charge on any atom is -0.00203 e. The first kappa shape index (κ1) is 15.6. The first-order valence-electron chi connectivity index (χ1n) is 7.69. The molecule has 0 amide bonds. The minimum atomic E-state index is 0.949. The van der Waals surface area contributed by atoms with E-state index in [0.29, 0.717) is 0 Å². The van der Waals surface area contributed by atoms with Gasteiger partial charge in [0.05, 0.1) is 0 Å². The summed E-state index contributed by atoms with van der Waals surface area (Å²) in [5.41, 5.74) is 11.2. The molecule has 0 spiro atoms. The van der Waals surface area contributed by atoms with Crippen molar-refractivity contribution >= 4 is 0 Å². The molecule has 0 aromatic heterocycles. The summed E-state index contributed by atoms with van der Waals surface area (Å²) in [4.78, 5) is 0. The molecule has 0 heteroatoms. The van der Waals surface area contributed by atoms with E-state index in [1.54, 1.807) is 0 Å². The van der Waals surface area contributed by atoms with Gasteiger partial charge >= 0.3 is 0 Å². The van der Waals surface area contributed by atoms with Gasteiger partial charge in [0.1, 0.15) is 0 Å². The molecular formula is C21H26. The Kier molecular flexibility index (Phi) is 4.67. The highest BCUT2D eigenvalue weighted by Gasteiger charge is 2.08. The molecule has 0 saturated heterocycles. The lowest BCUT2D eigenvalue weighted by atomic mass is 9.91. The first-order valence-corrected chi connectivity index (χ1v) is 7.69. The SMILES string of the molecule is C=CCc1cc(C)c(Cc2cc(C)c(C)c(C)c2)c(C)c1. The Bertz CT molecular complexity index is 628. The third kappa shape index (κ3) is 3.44. The molecule has 21 heavy (non-hydrogen) atoms. The summed E-state index contributed by atoms with van der Waals surface area (Å²) in [6.45, 7) is 14.9. The molecule has 0 nitrogen and oxygen atoms in total. The molecular weight excluding hydrogens is 252 g/mol. The summed E-state index contributed by atoms with van der Waals surface area (Å²) in [5.74, 6) is 0. The number of hydrogen-bond acceptors (Lipinski definition) is 0. The largest absolute Gasteiger partial charge is 0.103 e. The van der Waals surface area contributed by atoms with E-state index >= 15 is 0 Å². The van der Waals surface area contributed by atoms with Crippen molar-refractivity contribution in [2.75, 3.05) is 0 Å². The predicted octanol–water partition coefficient (Wildman–Crippen LogP) is 5.55. The lowest BCUT2D eigenvalue weighted by Gasteiger charge is -2.14. The van der Waals surface area contributed by atoms with Crippen LogP contribution in [0.4, 0.5) is 0 Å². The molecule has 0 atom stereocenters. The second-order valence-electron chi connectivity index (χ2n) is 6.23. The number of allylic oxidation sites excluding steroid dienone is 1. The van der Waals surface area contributed by atoms with Crippen LogP contribution in [0.2, 0.25) is 0 Å². The van der Waals surface area contributed by atoms with Gasteiger partial charge in [-0.2, -0.15) is 0 Å². The van der Waals surface area contributed by atoms with E-state index in [1.165, 1.54) is 44.5 Å². The number of aryl methyl sites for hydroxylation is 4. The Morgan fingerprint density at radius 3 is 1.71 bits per heavy atom. The van der Waals surface area contributed by atoms with Crippen LogP contribution in [0.3, 0.4) is 0 Å². The van der Waals surface area contributed by atoms with Crippen LogP contribution in [-0.4, -0.2) is 0 Å². The van der Waals surface area contributed by atoms with Crippen LogP contribution in [0.15, 0.2) is 36.9 Å². The molecule has 2 rings (SSSR count). The Labute approximate surface area is 129 Å². The van der Waals surface area contributed by atoms with Crippen molar-refractivity contribution < 1.29 is 0 Å². The average molecular weight is 278 g/mol. The van der Waals surface area contributed by atoms with Crippen LogP contribution in [0.25, 0.3) is 0 Å². The molecule has 2 aromatic carbocycles. The molecule has 2 aromatic rings. The second-order valence-corrected chi connectivity index (χ2v) is 6.23. The molecule has 110 valence electrons. The first-order chi connectivity index (χ1) is 9.92. The predicted molar refractivity (Wildman–Crippen MR) is 93.3 cm³/mol. The monoisotopic (exact) mass is 278 g/mol. The molecule has 0 aliphatic rings. The Hall–Kier alpha value is -1.82. The fraction of sp³-hybridized carbons (Fsp3) is 0.333. The summed E-state index contributed by atoms with van der Waals surface area (Å²) in [6.07, 6.45) is 3.94. The van der Waals surface area contributed by atoms with Crippen molar-refractivity contribution in [2.45, 2.75) is 47.5 Å². The van der Waals surface area contributed by atoms with Gasteiger partial charge in [-0.1, -0.05) is 30.3 Å². The third-order valence-electron chi connectivity index (χ3n) is 4.50. The minimum absolute atomic E-state index is 0.949.